The molecular formula is C19H23ClN4O. The second-order valence-corrected chi connectivity index (χ2v) is 8.00. The Labute approximate surface area is 153 Å². The predicted octanol–water partition coefficient (Wildman–Crippen LogP) is 3.84. The predicted molar refractivity (Wildman–Crippen MR) is 98.5 cm³/mol. The maximum atomic E-state index is 11.2. The van der Waals surface area contributed by atoms with Crippen LogP contribution in [0.1, 0.15) is 44.4 Å². The van der Waals surface area contributed by atoms with Gasteiger partial charge in [0.15, 0.2) is 0 Å². The number of H-pyrrole nitrogens is 1. The molecule has 132 valence electrons. The largest absolute Gasteiger partial charge is 0.384 e. The molecule has 1 fully saturated rings. The molecule has 2 aromatic rings. The van der Waals surface area contributed by atoms with Gasteiger partial charge in [0.25, 0.3) is 0 Å². The maximum absolute atomic E-state index is 11.2. The molecule has 1 aliphatic carbocycles. The van der Waals surface area contributed by atoms with Gasteiger partial charge in [-0.05, 0) is 36.5 Å². The fourth-order valence-corrected chi connectivity index (χ4v) is 4.02. The number of aromatic nitrogens is 2. The number of hydrogen-bond donors (Lipinski definition) is 2. The zero-order chi connectivity index (χ0) is 18.2. The molecule has 0 amide bonds. The molecule has 3 rings (SSSR count). The number of nitrogens with one attached hydrogen (secondary N) is 1. The van der Waals surface area contributed by atoms with E-state index in [4.69, 9.17) is 16.9 Å². The van der Waals surface area contributed by atoms with Gasteiger partial charge in [0.1, 0.15) is 11.7 Å². The molecule has 25 heavy (non-hydrogen) atoms. The van der Waals surface area contributed by atoms with Crippen LogP contribution in [0.5, 0.6) is 0 Å². The highest BCUT2D eigenvalue weighted by Crippen LogP contribution is 2.47. The van der Waals surface area contributed by atoms with E-state index in [0.29, 0.717) is 23.4 Å². The van der Waals surface area contributed by atoms with E-state index in [1.165, 1.54) is 0 Å². The third-order valence-electron chi connectivity index (χ3n) is 5.56. The lowest BCUT2D eigenvalue weighted by molar-refractivity contribution is -0.0449. The molecule has 5 nitrogen and oxygen atoms in total. The van der Waals surface area contributed by atoms with Crippen LogP contribution in [-0.4, -0.2) is 28.2 Å². The number of nitriles is 1. The average Bonchev–Trinajstić information content (AvgIpc) is 3.12. The van der Waals surface area contributed by atoms with Gasteiger partial charge in [0, 0.05) is 25.2 Å². The van der Waals surface area contributed by atoms with E-state index in [0.717, 1.165) is 17.8 Å². The summed E-state index contributed by atoms with van der Waals surface area (Å²) in [7, 11) is 2.02. The number of anilines is 1. The first-order chi connectivity index (χ1) is 11.8. The Balaban J connectivity index is 1.92. The number of benzene rings is 1. The van der Waals surface area contributed by atoms with E-state index in [1.807, 2.05) is 19.2 Å². The van der Waals surface area contributed by atoms with Crippen LogP contribution in [0.2, 0.25) is 5.02 Å². The van der Waals surface area contributed by atoms with Crippen molar-refractivity contribution >= 4 is 17.3 Å². The van der Waals surface area contributed by atoms with Crippen molar-refractivity contribution in [3.8, 4) is 6.07 Å². The van der Waals surface area contributed by atoms with Crippen LogP contribution in [0.3, 0.4) is 0 Å². The smallest absolute Gasteiger partial charge is 0.108 e. The van der Waals surface area contributed by atoms with Gasteiger partial charge < -0.3 is 15.0 Å². The number of aliphatic hydroxyl groups is 1. The highest BCUT2D eigenvalue weighted by Gasteiger charge is 2.47. The summed E-state index contributed by atoms with van der Waals surface area (Å²) < 4.78 is 0. The van der Waals surface area contributed by atoms with Crippen LogP contribution in [0, 0.1) is 16.7 Å². The summed E-state index contributed by atoms with van der Waals surface area (Å²) in [5.74, 6) is 0. The van der Waals surface area contributed by atoms with Crippen LogP contribution in [0.15, 0.2) is 30.7 Å². The number of halogens is 1. The SMILES string of the molecule is CN(c1ccc(C#N)c(Cl)c1)C1CC(O)(c2cnc[nH]2)CCC1(C)C. The zero-order valence-electron chi connectivity index (χ0n) is 14.8. The van der Waals surface area contributed by atoms with Gasteiger partial charge in [-0.2, -0.15) is 5.26 Å². The molecule has 6 heteroatoms. The van der Waals surface area contributed by atoms with Crippen LogP contribution in [0.4, 0.5) is 5.69 Å². The Kier molecular flexibility index (Phi) is 4.52. The topological polar surface area (TPSA) is 75.9 Å². The van der Waals surface area contributed by atoms with Crippen molar-refractivity contribution in [1.29, 1.82) is 5.26 Å². The van der Waals surface area contributed by atoms with Crippen LogP contribution in [-0.2, 0) is 5.60 Å². The van der Waals surface area contributed by atoms with Gasteiger partial charge in [-0.1, -0.05) is 25.4 Å². The van der Waals surface area contributed by atoms with Crippen molar-refractivity contribution in [2.45, 2.75) is 44.8 Å². The fourth-order valence-electron chi connectivity index (χ4n) is 3.80. The Hall–Kier alpha value is -2.03. The van der Waals surface area contributed by atoms with E-state index in [9.17, 15) is 5.11 Å². The number of imidazole rings is 1. The third kappa shape index (κ3) is 3.24. The molecule has 1 aromatic carbocycles. The summed E-state index contributed by atoms with van der Waals surface area (Å²) in [6.07, 6.45) is 5.48. The van der Waals surface area contributed by atoms with Crippen LogP contribution < -0.4 is 4.90 Å². The Bertz CT molecular complexity index is 796. The molecule has 0 spiro atoms. The summed E-state index contributed by atoms with van der Waals surface area (Å²) in [5, 5.41) is 20.7. The van der Waals surface area contributed by atoms with Crippen molar-refractivity contribution in [3.05, 3.63) is 47.0 Å². The lowest BCUT2D eigenvalue weighted by Gasteiger charge is -2.50. The highest BCUT2D eigenvalue weighted by atomic mass is 35.5. The van der Waals surface area contributed by atoms with E-state index in [2.05, 4.69) is 34.8 Å². The lowest BCUT2D eigenvalue weighted by Crippen LogP contribution is -2.52. The summed E-state index contributed by atoms with van der Waals surface area (Å²) >= 11 is 6.21. The monoisotopic (exact) mass is 358 g/mol. The summed E-state index contributed by atoms with van der Waals surface area (Å²) in [4.78, 5) is 9.28. The normalized spacial score (nSPS) is 25.4. The quantitative estimate of drug-likeness (QED) is 0.874. The molecule has 2 unspecified atom stereocenters. The van der Waals surface area contributed by atoms with Crippen LogP contribution >= 0.6 is 11.6 Å². The maximum Gasteiger partial charge on any atom is 0.108 e. The Morgan fingerprint density at radius 2 is 2.16 bits per heavy atom. The second kappa shape index (κ2) is 6.36. The summed E-state index contributed by atoms with van der Waals surface area (Å²) in [5.41, 5.74) is 1.29. The summed E-state index contributed by atoms with van der Waals surface area (Å²) in [6, 6.07) is 7.66. The lowest BCUT2D eigenvalue weighted by atomic mass is 9.66. The van der Waals surface area contributed by atoms with Crippen LogP contribution in [0.25, 0.3) is 0 Å². The minimum Gasteiger partial charge on any atom is -0.384 e. The number of rotatable bonds is 3. The first kappa shape index (κ1) is 17.8. The molecule has 2 atom stereocenters. The molecule has 0 saturated heterocycles. The minimum absolute atomic E-state index is 0.0291. The molecule has 2 N–H and O–H groups in total. The fraction of sp³-hybridized carbons (Fsp3) is 0.474. The molecule has 1 aliphatic rings. The molecule has 1 saturated carbocycles. The van der Waals surface area contributed by atoms with Gasteiger partial charge >= 0.3 is 0 Å². The van der Waals surface area contributed by atoms with Crippen molar-refractivity contribution in [3.63, 3.8) is 0 Å². The molecule has 0 bridgehead atoms. The first-order valence-electron chi connectivity index (χ1n) is 8.40. The van der Waals surface area contributed by atoms with E-state index < -0.39 is 5.60 Å². The van der Waals surface area contributed by atoms with E-state index in [1.54, 1.807) is 18.6 Å². The van der Waals surface area contributed by atoms with Crippen molar-refractivity contribution in [2.24, 2.45) is 5.41 Å². The Morgan fingerprint density at radius 3 is 2.76 bits per heavy atom. The zero-order valence-corrected chi connectivity index (χ0v) is 15.5. The highest BCUT2D eigenvalue weighted by molar-refractivity contribution is 6.32. The Morgan fingerprint density at radius 1 is 1.40 bits per heavy atom. The summed E-state index contributed by atoms with van der Waals surface area (Å²) in [6.45, 7) is 4.46. The van der Waals surface area contributed by atoms with Gasteiger partial charge in [-0.3, -0.25) is 0 Å². The van der Waals surface area contributed by atoms with Gasteiger partial charge in [-0.25, -0.2) is 4.98 Å². The van der Waals surface area contributed by atoms with Gasteiger partial charge in [-0.15, -0.1) is 0 Å². The number of nitrogens with zero attached hydrogens (tertiary/aromatic N) is 3. The molecule has 0 radical (unpaired) electrons. The van der Waals surface area contributed by atoms with Crippen molar-refractivity contribution < 1.29 is 5.11 Å². The average molecular weight is 359 g/mol. The molecule has 0 aliphatic heterocycles. The van der Waals surface area contributed by atoms with Crippen molar-refractivity contribution in [2.75, 3.05) is 11.9 Å². The standard InChI is InChI=1S/C19H23ClN4O/c1-18(2)6-7-19(25,16-11-22-12-23-16)9-17(18)24(3)14-5-4-13(10-21)15(20)8-14/h4-5,8,11-12,17,25H,6-7,9H2,1-3H3,(H,22,23). The molecular weight excluding hydrogens is 336 g/mol. The van der Waals surface area contributed by atoms with E-state index in [-0.39, 0.29) is 11.5 Å². The molecule has 1 heterocycles. The van der Waals surface area contributed by atoms with Gasteiger partial charge in [0.2, 0.25) is 0 Å². The van der Waals surface area contributed by atoms with Crippen molar-refractivity contribution in [1.82, 2.24) is 9.97 Å². The minimum atomic E-state index is -0.915. The number of hydrogen-bond acceptors (Lipinski definition) is 4. The number of aromatic amines is 1. The van der Waals surface area contributed by atoms with E-state index >= 15 is 0 Å². The third-order valence-corrected chi connectivity index (χ3v) is 5.88. The molecule has 1 aromatic heterocycles. The van der Waals surface area contributed by atoms with Gasteiger partial charge in [0.05, 0.1) is 28.8 Å². The first-order valence-corrected chi connectivity index (χ1v) is 8.78. The second-order valence-electron chi connectivity index (χ2n) is 7.59.